The fourth-order valence-electron chi connectivity index (χ4n) is 3.33. The van der Waals surface area contributed by atoms with Crippen molar-refractivity contribution in [3.63, 3.8) is 0 Å². The SMILES string of the molecule is Cc1ccc(NC(=O)Nc2ccc3sc4nc5ccccc5nc4c3c2)cc1C. The van der Waals surface area contributed by atoms with E-state index in [1.54, 1.807) is 11.3 Å². The summed E-state index contributed by atoms with van der Waals surface area (Å²) in [7, 11) is 0. The Morgan fingerprint density at radius 1 is 0.828 bits per heavy atom. The van der Waals surface area contributed by atoms with E-state index < -0.39 is 0 Å². The summed E-state index contributed by atoms with van der Waals surface area (Å²) in [5.41, 5.74) is 6.43. The van der Waals surface area contributed by atoms with E-state index in [2.05, 4.69) is 10.6 Å². The van der Waals surface area contributed by atoms with E-state index in [-0.39, 0.29) is 6.03 Å². The number of carbonyl (C=O) groups is 1. The molecule has 142 valence electrons. The highest BCUT2D eigenvalue weighted by molar-refractivity contribution is 7.25. The number of carbonyl (C=O) groups excluding carboxylic acids is 1. The van der Waals surface area contributed by atoms with Crippen molar-refractivity contribution in [2.75, 3.05) is 10.6 Å². The van der Waals surface area contributed by atoms with Crippen molar-refractivity contribution in [2.24, 2.45) is 0 Å². The van der Waals surface area contributed by atoms with Crippen LogP contribution < -0.4 is 10.6 Å². The molecule has 0 spiro atoms. The number of fused-ring (bicyclic) bond motifs is 4. The third kappa shape index (κ3) is 3.28. The van der Waals surface area contributed by atoms with Crippen LogP contribution in [0.15, 0.2) is 60.7 Å². The molecule has 0 saturated carbocycles. The minimum atomic E-state index is -0.274. The summed E-state index contributed by atoms with van der Waals surface area (Å²) < 4.78 is 1.09. The average molecular weight is 398 g/mol. The van der Waals surface area contributed by atoms with Crippen LogP contribution in [-0.2, 0) is 0 Å². The number of hydrogen-bond donors (Lipinski definition) is 2. The molecule has 0 fully saturated rings. The molecule has 0 radical (unpaired) electrons. The van der Waals surface area contributed by atoms with E-state index in [0.29, 0.717) is 5.69 Å². The summed E-state index contributed by atoms with van der Waals surface area (Å²) in [6.45, 7) is 4.07. The van der Waals surface area contributed by atoms with Gasteiger partial charge in [0.25, 0.3) is 0 Å². The number of amides is 2. The third-order valence-electron chi connectivity index (χ3n) is 5.00. The normalized spacial score (nSPS) is 11.2. The van der Waals surface area contributed by atoms with Crippen molar-refractivity contribution in [1.82, 2.24) is 9.97 Å². The Balaban J connectivity index is 1.46. The molecule has 0 saturated heterocycles. The molecule has 29 heavy (non-hydrogen) atoms. The lowest BCUT2D eigenvalue weighted by Crippen LogP contribution is -2.19. The van der Waals surface area contributed by atoms with Gasteiger partial charge in [-0.25, -0.2) is 14.8 Å². The molecule has 2 amide bonds. The van der Waals surface area contributed by atoms with Crippen LogP contribution in [0.25, 0.3) is 31.5 Å². The van der Waals surface area contributed by atoms with E-state index in [1.807, 2.05) is 74.5 Å². The van der Waals surface area contributed by atoms with Gasteiger partial charge in [-0.3, -0.25) is 0 Å². The summed E-state index contributed by atoms with van der Waals surface area (Å²) in [4.78, 5) is 22.9. The molecule has 0 atom stereocenters. The van der Waals surface area contributed by atoms with Gasteiger partial charge in [0.2, 0.25) is 0 Å². The number of anilines is 2. The number of benzene rings is 3. The molecule has 0 aliphatic rings. The molecule has 5 rings (SSSR count). The van der Waals surface area contributed by atoms with Crippen LogP contribution in [0.5, 0.6) is 0 Å². The molecule has 0 aliphatic heterocycles. The Hall–Kier alpha value is -3.51. The fraction of sp³-hybridized carbons (Fsp3) is 0.0870. The van der Waals surface area contributed by atoms with E-state index in [0.717, 1.165) is 42.7 Å². The lowest BCUT2D eigenvalue weighted by molar-refractivity contribution is 0.262. The topological polar surface area (TPSA) is 66.9 Å². The van der Waals surface area contributed by atoms with Crippen LogP contribution in [0.1, 0.15) is 11.1 Å². The zero-order chi connectivity index (χ0) is 20.0. The largest absolute Gasteiger partial charge is 0.323 e. The van der Waals surface area contributed by atoms with Crippen LogP contribution in [0, 0.1) is 13.8 Å². The maximum Gasteiger partial charge on any atom is 0.323 e. The predicted octanol–water partition coefficient (Wildman–Crippen LogP) is 6.26. The first-order valence-electron chi connectivity index (χ1n) is 9.31. The zero-order valence-electron chi connectivity index (χ0n) is 16.0. The molecular formula is C23H18N4OS. The molecule has 5 nitrogen and oxygen atoms in total. The Morgan fingerprint density at radius 2 is 1.52 bits per heavy atom. The van der Waals surface area contributed by atoms with Crippen molar-refractivity contribution in [3.05, 3.63) is 71.8 Å². The quantitative estimate of drug-likeness (QED) is 0.369. The van der Waals surface area contributed by atoms with Crippen LogP contribution in [0.3, 0.4) is 0 Å². The van der Waals surface area contributed by atoms with Crippen molar-refractivity contribution in [2.45, 2.75) is 13.8 Å². The summed E-state index contributed by atoms with van der Waals surface area (Å²) in [6.07, 6.45) is 0. The van der Waals surface area contributed by atoms with Crippen LogP contribution in [0.4, 0.5) is 16.2 Å². The number of para-hydroxylation sites is 2. The van der Waals surface area contributed by atoms with Gasteiger partial charge >= 0.3 is 6.03 Å². The van der Waals surface area contributed by atoms with Gasteiger partial charge in [0.1, 0.15) is 10.3 Å². The average Bonchev–Trinajstić information content (AvgIpc) is 3.06. The molecule has 5 aromatic rings. The van der Waals surface area contributed by atoms with Crippen molar-refractivity contribution >= 4 is 60.2 Å². The Kier molecular flexibility index (Phi) is 4.14. The number of rotatable bonds is 2. The van der Waals surface area contributed by atoms with Gasteiger partial charge in [-0.05, 0) is 67.4 Å². The van der Waals surface area contributed by atoms with Crippen molar-refractivity contribution in [3.8, 4) is 0 Å². The number of thiophene rings is 1. The lowest BCUT2D eigenvalue weighted by Gasteiger charge is -2.09. The van der Waals surface area contributed by atoms with Crippen LogP contribution in [-0.4, -0.2) is 16.0 Å². The Bertz CT molecular complexity index is 1410. The summed E-state index contributed by atoms with van der Waals surface area (Å²) in [5.74, 6) is 0. The highest BCUT2D eigenvalue weighted by atomic mass is 32.1. The molecule has 6 heteroatoms. The first kappa shape index (κ1) is 17.6. The van der Waals surface area contributed by atoms with Gasteiger partial charge < -0.3 is 10.6 Å². The molecule has 0 aliphatic carbocycles. The number of urea groups is 1. The van der Waals surface area contributed by atoms with Gasteiger partial charge in [-0.1, -0.05) is 18.2 Å². The number of nitrogens with one attached hydrogen (secondary N) is 2. The van der Waals surface area contributed by atoms with Crippen LogP contribution >= 0.6 is 11.3 Å². The van der Waals surface area contributed by atoms with E-state index in [9.17, 15) is 4.79 Å². The van der Waals surface area contributed by atoms with Gasteiger partial charge in [0.15, 0.2) is 0 Å². The first-order valence-corrected chi connectivity index (χ1v) is 10.1. The molecule has 2 heterocycles. The maximum atomic E-state index is 12.4. The standard InChI is InChI=1S/C23H18N4OS/c1-13-7-8-15(11-14(13)2)24-23(28)25-16-9-10-20-17(12-16)21-22(29-20)27-19-6-4-3-5-18(19)26-21/h3-12H,1-2H3,(H2,24,25,28). The Labute approximate surface area is 171 Å². The Morgan fingerprint density at radius 3 is 2.28 bits per heavy atom. The third-order valence-corrected chi connectivity index (χ3v) is 6.06. The molecule has 3 aromatic carbocycles. The molecule has 0 bridgehead atoms. The minimum Gasteiger partial charge on any atom is -0.308 e. The van der Waals surface area contributed by atoms with E-state index in [4.69, 9.17) is 9.97 Å². The minimum absolute atomic E-state index is 0.274. The summed E-state index contributed by atoms with van der Waals surface area (Å²) in [6, 6.07) is 19.3. The number of aromatic nitrogens is 2. The number of nitrogens with zero attached hydrogens (tertiary/aromatic N) is 2. The highest BCUT2D eigenvalue weighted by Gasteiger charge is 2.11. The number of aryl methyl sites for hydroxylation is 2. The monoisotopic (exact) mass is 398 g/mol. The second kappa shape index (κ2) is 6.83. The lowest BCUT2D eigenvalue weighted by atomic mass is 10.1. The fourth-order valence-corrected chi connectivity index (χ4v) is 4.34. The predicted molar refractivity (Wildman–Crippen MR) is 121 cm³/mol. The van der Waals surface area contributed by atoms with E-state index >= 15 is 0 Å². The number of hydrogen-bond acceptors (Lipinski definition) is 4. The summed E-state index contributed by atoms with van der Waals surface area (Å²) in [5, 5.41) is 6.79. The molecule has 0 unspecified atom stereocenters. The summed E-state index contributed by atoms with van der Waals surface area (Å²) >= 11 is 1.61. The van der Waals surface area contributed by atoms with Gasteiger partial charge in [-0.15, -0.1) is 11.3 Å². The highest BCUT2D eigenvalue weighted by Crippen LogP contribution is 2.34. The maximum absolute atomic E-state index is 12.4. The van der Waals surface area contributed by atoms with Crippen LogP contribution in [0.2, 0.25) is 0 Å². The molecule has 2 N–H and O–H groups in total. The molecule has 2 aromatic heterocycles. The van der Waals surface area contributed by atoms with Gasteiger partial charge in [-0.2, -0.15) is 0 Å². The molecular weight excluding hydrogens is 380 g/mol. The van der Waals surface area contributed by atoms with Crippen molar-refractivity contribution < 1.29 is 4.79 Å². The second-order valence-corrected chi connectivity index (χ2v) is 8.09. The first-order chi connectivity index (χ1) is 14.1. The second-order valence-electron chi connectivity index (χ2n) is 7.06. The van der Waals surface area contributed by atoms with Gasteiger partial charge in [0.05, 0.1) is 11.0 Å². The van der Waals surface area contributed by atoms with Crippen molar-refractivity contribution in [1.29, 1.82) is 0 Å². The smallest absolute Gasteiger partial charge is 0.308 e. The zero-order valence-corrected chi connectivity index (χ0v) is 16.8. The van der Waals surface area contributed by atoms with E-state index in [1.165, 1.54) is 5.56 Å². The van der Waals surface area contributed by atoms with Gasteiger partial charge in [0, 0.05) is 21.5 Å².